The molecule has 1 atom stereocenters. The van der Waals surface area contributed by atoms with Gasteiger partial charge in [-0.3, -0.25) is 9.59 Å². The summed E-state index contributed by atoms with van der Waals surface area (Å²) in [5, 5.41) is 11.4. The van der Waals surface area contributed by atoms with Gasteiger partial charge in [0.05, 0.1) is 16.4 Å². The highest BCUT2D eigenvalue weighted by Gasteiger charge is 2.31. The van der Waals surface area contributed by atoms with Crippen LogP contribution in [0.15, 0.2) is 34.9 Å². The van der Waals surface area contributed by atoms with E-state index in [0.29, 0.717) is 30.8 Å². The molecule has 5 heteroatoms. The first-order valence-electron chi connectivity index (χ1n) is 16.3. The molecule has 1 aromatic rings. The van der Waals surface area contributed by atoms with Gasteiger partial charge in [-0.15, -0.1) is 0 Å². The molecular formula is C39H62O5. The molecular weight excluding hydrogens is 548 g/mol. The maximum Gasteiger partial charge on any atom is 0.316 e. The second-order valence-corrected chi connectivity index (χ2v) is 15.3. The average molecular weight is 611 g/mol. The molecule has 1 aromatic carbocycles. The molecule has 5 nitrogen and oxygen atoms in total. The van der Waals surface area contributed by atoms with Gasteiger partial charge in [0.2, 0.25) is 0 Å². The topological polar surface area (TPSA) is 72.8 Å². The van der Waals surface area contributed by atoms with Gasteiger partial charge in [0, 0.05) is 5.56 Å². The Kier molecular flexibility index (Phi) is 14.8. The number of aliphatic hydroxyl groups is 1. The fraction of sp³-hybridized carbons (Fsp3) is 0.641. The number of benzene rings is 1. The van der Waals surface area contributed by atoms with Crippen molar-refractivity contribution in [2.75, 3.05) is 0 Å². The Morgan fingerprint density at radius 2 is 1.07 bits per heavy atom. The minimum atomic E-state index is -0.920. The van der Waals surface area contributed by atoms with E-state index < -0.39 is 16.4 Å². The Hall–Kier alpha value is -2.66. The quantitative estimate of drug-likeness (QED) is 0.129. The van der Waals surface area contributed by atoms with Gasteiger partial charge in [-0.05, 0) is 165 Å². The number of allylic oxidation sites excluding steroid dienone is 6. The highest BCUT2D eigenvalue weighted by atomic mass is 16.5. The van der Waals surface area contributed by atoms with Gasteiger partial charge in [0.25, 0.3) is 0 Å². The van der Waals surface area contributed by atoms with E-state index in [2.05, 4.69) is 45.9 Å². The van der Waals surface area contributed by atoms with Crippen LogP contribution in [-0.4, -0.2) is 22.6 Å². The molecule has 0 radical (unpaired) electrons. The maximum absolute atomic E-state index is 13.0. The summed E-state index contributed by atoms with van der Waals surface area (Å²) in [5.41, 5.74) is 4.96. The lowest BCUT2D eigenvalue weighted by Gasteiger charge is -2.27. The van der Waals surface area contributed by atoms with Crippen LogP contribution in [0, 0.1) is 31.6 Å². The van der Waals surface area contributed by atoms with Crippen LogP contribution in [0.4, 0.5) is 0 Å². The Morgan fingerprint density at radius 1 is 0.636 bits per heavy atom. The van der Waals surface area contributed by atoms with Crippen LogP contribution >= 0.6 is 0 Å². The number of carbonyl (C=O) groups is 2. The number of hydrogen-bond acceptors (Lipinski definition) is 5. The highest BCUT2D eigenvalue weighted by Crippen LogP contribution is 2.41. The van der Waals surface area contributed by atoms with Crippen molar-refractivity contribution in [1.82, 2.24) is 0 Å². The molecule has 0 heterocycles. The molecule has 0 amide bonds. The molecule has 0 aliphatic heterocycles. The van der Waals surface area contributed by atoms with Crippen LogP contribution in [0.3, 0.4) is 0 Å². The van der Waals surface area contributed by atoms with Crippen molar-refractivity contribution in [2.24, 2.45) is 10.8 Å². The third-order valence-corrected chi connectivity index (χ3v) is 8.14. The molecule has 0 spiro atoms. The summed E-state index contributed by atoms with van der Waals surface area (Å²) >= 11 is 0. The summed E-state index contributed by atoms with van der Waals surface area (Å²) in [5.74, 6) is 0.362. The van der Waals surface area contributed by atoms with E-state index in [1.807, 2.05) is 69.2 Å². The summed E-state index contributed by atoms with van der Waals surface area (Å²) in [6.07, 6.45) is 13.5. The smallest absolute Gasteiger partial charge is 0.316 e. The van der Waals surface area contributed by atoms with Gasteiger partial charge in [-0.2, -0.15) is 0 Å². The van der Waals surface area contributed by atoms with Crippen molar-refractivity contribution < 1.29 is 24.2 Å². The van der Waals surface area contributed by atoms with E-state index >= 15 is 0 Å². The number of ether oxygens (including phenoxy) is 2. The van der Waals surface area contributed by atoms with Crippen molar-refractivity contribution in [2.45, 2.75) is 154 Å². The highest BCUT2D eigenvalue weighted by molar-refractivity contribution is 5.81. The van der Waals surface area contributed by atoms with E-state index in [1.165, 1.54) is 16.7 Å². The number of rotatable bonds is 14. The second kappa shape index (κ2) is 16.6. The van der Waals surface area contributed by atoms with E-state index in [1.54, 1.807) is 0 Å². The van der Waals surface area contributed by atoms with E-state index in [0.717, 1.165) is 54.4 Å². The molecule has 0 fully saturated rings. The van der Waals surface area contributed by atoms with Crippen LogP contribution in [-0.2, 0) is 16.0 Å². The molecule has 44 heavy (non-hydrogen) atoms. The second-order valence-electron chi connectivity index (χ2n) is 15.3. The van der Waals surface area contributed by atoms with Gasteiger partial charge < -0.3 is 14.6 Å². The van der Waals surface area contributed by atoms with Gasteiger partial charge in [-0.25, -0.2) is 0 Å². The van der Waals surface area contributed by atoms with Crippen molar-refractivity contribution in [3.63, 3.8) is 0 Å². The zero-order valence-corrected chi connectivity index (χ0v) is 30.5. The minimum Gasteiger partial charge on any atom is -0.426 e. The normalized spacial score (nSPS) is 14.2. The Bertz CT molecular complexity index is 1240. The average Bonchev–Trinajstić information content (AvgIpc) is 2.87. The number of carbonyl (C=O) groups excluding carboxylic acids is 2. The first-order valence-corrected chi connectivity index (χ1v) is 16.3. The molecule has 0 saturated carbocycles. The Labute approximate surface area is 269 Å². The molecule has 0 aliphatic carbocycles. The third kappa shape index (κ3) is 13.1. The molecule has 248 valence electrons. The minimum absolute atomic E-state index is 0.322. The van der Waals surface area contributed by atoms with Gasteiger partial charge >= 0.3 is 11.9 Å². The Balaban J connectivity index is 3.10. The van der Waals surface area contributed by atoms with Gasteiger partial charge in [0.15, 0.2) is 0 Å². The van der Waals surface area contributed by atoms with Crippen molar-refractivity contribution in [3.05, 3.63) is 57.2 Å². The molecule has 1 unspecified atom stereocenters. The maximum atomic E-state index is 13.0. The van der Waals surface area contributed by atoms with Crippen molar-refractivity contribution in [1.29, 1.82) is 0 Å². The van der Waals surface area contributed by atoms with E-state index in [4.69, 9.17) is 9.47 Å². The molecule has 0 bridgehead atoms. The largest absolute Gasteiger partial charge is 0.426 e. The van der Waals surface area contributed by atoms with E-state index in [9.17, 15) is 14.7 Å². The van der Waals surface area contributed by atoms with Crippen LogP contribution in [0.2, 0.25) is 0 Å². The lowest BCUT2D eigenvalue weighted by molar-refractivity contribution is -0.144. The van der Waals surface area contributed by atoms with Crippen LogP contribution in [0.5, 0.6) is 11.5 Å². The number of esters is 2. The Morgan fingerprint density at radius 3 is 1.55 bits per heavy atom. The molecule has 0 aromatic heterocycles. The molecule has 1 N–H and O–H groups in total. The van der Waals surface area contributed by atoms with E-state index in [-0.39, 0.29) is 11.9 Å². The summed E-state index contributed by atoms with van der Waals surface area (Å²) in [6, 6.07) is 0. The predicted octanol–water partition coefficient (Wildman–Crippen LogP) is 10.4. The zero-order valence-electron chi connectivity index (χ0n) is 30.5. The van der Waals surface area contributed by atoms with Crippen LogP contribution < -0.4 is 9.47 Å². The predicted molar refractivity (Wildman–Crippen MR) is 184 cm³/mol. The first kappa shape index (κ1) is 39.4. The third-order valence-electron chi connectivity index (χ3n) is 8.14. The van der Waals surface area contributed by atoms with Crippen molar-refractivity contribution >= 4 is 11.9 Å². The molecule has 0 aliphatic rings. The first-order chi connectivity index (χ1) is 20.1. The summed E-state index contributed by atoms with van der Waals surface area (Å²) in [4.78, 5) is 25.8. The SMILES string of the molecule is CC(C)=CCCC(C)=CCCC(C)=CCCC(C)(O)CCc1c(C)c(OC(=O)C(C)(C)C)c(C)c(C)c1OC(=O)C(C)(C)C. The lowest BCUT2D eigenvalue weighted by atomic mass is 9.88. The monoisotopic (exact) mass is 610 g/mol. The summed E-state index contributed by atoms with van der Waals surface area (Å²) in [6.45, 7) is 27.2. The lowest BCUT2D eigenvalue weighted by Crippen LogP contribution is -2.28. The molecule has 0 saturated heterocycles. The summed E-state index contributed by atoms with van der Waals surface area (Å²) < 4.78 is 11.9. The zero-order chi connectivity index (χ0) is 34.0. The van der Waals surface area contributed by atoms with Gasteiger partial charge in [0.1, 0.15) is 11.5 Å². The summed E-state index contributed by atoms with van der Waals surface area (Å²) in [7, 11) is 0. The van der Waals surface area contributed by atoms with Crippen molar-refractivity contribution in [3.8, 4) is 11.5 Å². The molecule has 1 rings (SSSR count). The fourth-order valence-corrected chi connectivity index (χ4v) is 4.73. The van der Waals surface area contributed by atoms with Gasteiger partial charge in [-0.1, -0.05) is 34.9 Å². The standard InChI is InChI=1S/C39H62O5/c1-26(2)18-15-19-27(3)20-16-21-28(4)22-17-24-39(14,42)25-23-32-31(7)33(43-35(40)37(8,9)10)29(5)30(6)34(32)44-36(41)38(11,12)13/h18,20,22,42H,15-17,19,21,23-25H2,1-14H3. The fourth-order valence-electron chi connectivity index (χ4n) is 4.73. The number of hydrogen-bond donors (Lipinski definition) is 1. The van der Waals surface area contributed by atoms with Crippen LogP contribution in [0.25, 0.3) is 0 Å². The van der Waals surface area contributed by atoms with Crippen LogP contribution in [0.1, 0.15) is 143 Å².